The maximum Gasteiger partial charge on any atom is 0.330 e. The molecule has 1 aromatic carbocycles. The number of halogens is 1. The Hall–Kier alpha value is -2.96. The van der Waals surface area contributed by atoms with E-state index in [9.17, 15) is 18.8 Å². The molecule has 2 rings (SSSR count). The molecule has 0 aliphatic heterocycles. The largest absolute Gasteiger partial charge is 0.346 e. The number of aryl methyl sites for hydroxylation is 1. The van der Waals surface area contributed by atoms with E-state index in [2.05, 4.69) is 5.32 Å². The number of benzene rings is 1. The quantitative estimate of drug-likeness (QED) is 0.853. The van der Waals surface area contributed by atoms with Crippen molar-refractivity contribution in [3.8, 4) is 0 Å². The number of carbonyl (C=O) groups excluding carboxylic acids is 1. The molecule has 0 unspecified atom stereocenters. The Balaban J connectivity index is 2.16. The first-order valence-corrected chi connectivity index (χ1v) is 7.31. The standard InChI is InChI=1S/C17H18FN3O3/c1-11(13-6-4-5-7-14(13)18)19-15(22)9-8-12-10-20(2)17(24)21(3)16(12)23/h4-11H,1-3H3,(H,19,22)/b9-8+/t11-/m0/s1. The summed E-state index contributed by atoms with van der Waals surface area (Å²) >= 11 is 0. The predicted molar refractivity (Wildman–Crippen MR) is 88.9 cm³/mol. The van der Waals surface area contributed by atoms with Crippen molar-refractivity contribution in [1.29, 1.82) is 0 Å². The van der Waals surface area contributed by atoms with Crippen LogP contribution >= 0.6 is 0 Å². The summed E-state index contributed by atoms with van der Waals surface area (Å²) in [5.74, 6) is -0.872. The zero-order valence-corrected chi connectivity index (χ0v) is 13.6. The van der Waals surface area contributed by atoms with Gasteiger partial charge >= 0.3 is 5.69 Å². The number of nitrogens with zero attached hydrogens (tertiary/aromatic N) is 2. The normalized spacial score (nSPS) is 12.3. The number of hydrogen-bond donors (Lipinski definition) is 1. The van der Waals surface area contributed by atoms with Gasteiger partial charge in [0, 0.05) is 31.9 Å². The Bertz CT molecular complexity index is 912. The van der Waals surface area contributed by atoms with E-state index in [4.69, 9.17) is 0 Å². The number of rotatable bonds is 4. The van der Waals surface area contributed by atoms with Crippen LogP contribution in [0.1, 0.15) is 24.1 Å². The number of hydrogen-bond acceptors (Lipinski definition) is 3. The molecule has 1 heterocycles. The molecule has 0 saturated heterocycles. The lowest BCUT2D eigenvalue weighted by Crippen LogP contribution is -2.37. The van der Waals surface area contributed by atoms with Crippen molar-refractivity contribution in [1.82, 2.24) is 14.5 Å². The lowest BCUT2D eigenvalue weighted by Gasteiger charge is -2.13. The van der Waals surface area contributed by atoms with Gasteiger partial charge in [-0.2, -0.15) is 0 Å². The predicted octanol–water partition coefficient (Wildman–Crippen LogP) is 1.11. The van der Waals surface area contributed by atoms with Crippen LogP contribution in [0.2, 0.25) is 0 Å². The first-order valence-electron chi connectivity index (χ1n) is 7.31. The molecule has 0 saturated carbocycles. The van der Waals surface area contributed by atoms with Crippen LogP contribution in [0, 0.1) is 5.82 Å². The molecule has 0 spiro atoms. The molecule has 1 atom stereocenters. The maximum absolute atomic E-state index is 13.7. The first kappa shape index (κ1) is 17.4. The molecule has 0 fully saturated rings. The molecule has 24 heavy (non-hydrogen) atoms. The molecular formula is C17H18FN3O3. The summed E-state index contributed by atoms with van der Waals surface area (Å²) in [4.78, 5) is 35.5. The van der Waals surface area contributed by atoms with Gasteiger partial charge in [0.2, 0.25) is 5.91 Å². The van der Waals surface area contributed by atoms with Gasteiger partial charge in [0.15, 0.2) is 0 Å². The van der Waals surface area contributed by atoms with E-state index in [-0.39, 0.29) is 5.56 Å². The molecule has 1 aromatic heterocycles. The summed E-state index contributed by atoms with van der Waals surface area (Å²) < 4.78 is 15.9. The smallest absolute Gasteiger partial charge is 0.330 e. The fraction of sp³-hybridized carbons (Fsp3) is 0.235. The molecule has 0 radical (unpaired) electrons. The Morgan fingerprint density at radius 3 is 2.58 bits per heavy atom. The van der Waals surface area contributed by atoms with Crippen LogP contribution in [-0.4, -0.2) is 15.0 Å². The highest BCUT2D eigenvalue weighted by atomic mass is 19.1. The third-order valence-corrected chi connectivity index (χ3v) is 3.62. The molecule has 7 heteroatoms. The van der Waals surface area contributed by atoms with Crippen molar-refractivity contribution in [2.24, 2.45) is 14.1 Å². The molecule has 126 valence electrons. The lowest BCUT2D eigenvalue weighted by molar-refractivity contribution is -0.117. The van der Waals surface area contributed by atoms with Crippen molar-refractivity contribution in [3.63, 3.8) is 0 Å². The van der Waals surface area contributed by atoms with Crippen molar-refractivity contribution < 1.29 is 9.18 Å². The van der Waals surface area contributed by atoms with Gasteiger partial charge in [0.05, 0.1) is 11.6 Å². The van der Waals surface area contributed by atoms with E-state index < -0.39 is 29.0 Å². The molecule has 0 aliphatic rings. The highest BCUT2D eigenvalue weighted by molar-refractivity contribution is 5.91. The highest BCUT2D eigenvalue weighted by Gasteiger charge is 2.12. The molecule has 6 nitrogen and oxygen atoms in total. The first-order chi connectivity index (χ1) is 11.3. The van der Waals surface area contributed by atoms with Crippen molar-refractivity contribution in [2.75, 3.05) is 0 Å². The second-order valence-corrected chi connectivity index (χ2v) is 5.43. The number of carbonyl (C=O) groups is 1. The molecule has 1 N–H and O–H groups in total. The van der Waals surface area contributed by atoms with E-state index in [0.717, 1.165) is 4.57 Å². The zero-order chi connectivity index (χ0) is 17.9. The number of nitrogens with one attached hydrogen (secondary N) is 1. The summed E-state index contributed by atoms with van der Waals surface area (Å²) in [6.07, 6.45) is 3.86. The minimum Gasteiger partial charge on any atom is -0.346 e. The topological polar surface area (TPSA) is 73.1 Å². The second kappa shape index (κ2) is 7.08. The van der Waals surface area contributed by atoms with Crippen molar-refractivity contribution >= 4 is 12.0 Å². The van der Waals surface area contributed by atoms with Gasteiger partial charge in [-0.05, 0) is 19.1 Å². The van der Waals surface area contributed by atoms with Gasteiger partial charge in [0.1, 0.15) is 5.82 Å². The second-order valence-electron chi connectivity index (χ2n) is 5.43. The molecular weight excluding hydrogens is 313 g/mol. The Morgan fingerprint density at radius 1 is 1.25 bits per heavy atom. The van der Waals surface area contributed by atoms with E-state index in [1.165, 1.54) is 43.1 Å². The van der Waals surface area contributed by atoms with Crippen LogP contribution in [-0.2, 0) is 18.9 Å². The Kier molecular flexibility index (Phi) is 5.13. The summed E-state index contributed by atoms with van der Waals surface area (Å²) in [5.41, 5.74) is -0.371. The fourth-order valence-corrected chi connectivity index (χ4v) is 2.28. The molecule has 2 aromatic rings. The van der Waals surface area contributed by atoms with Gasteiger partial charge < -0.3 is 9.88 Å². The van der Waals surface area contributed by atoms with Crippen LogP contribution in [0.15, 0.2) is 46.1 Å². The maximum atomic E-state index is 13.7. The molecule has 0 bridgehead atoms. The summed E-state index contributed by atoms with van der Waals surface area (Å²) in [6, 6.07) is 5.65. The monoisotopic (exact) mass is 331 g/mol. The Morgan fingerprint density at radius 2 is 1.92 bits per heavy atom. The SMILES string of the molecule is C[C@H](NC(=O)/C=C/c1cn(C)c(=O)n(C)c1=O)c1ccccc1F. The third kappa shape index (κ3) is 3.68. The Labute approximate surface area is 137 Å². The summed E-state index contributed by atoms with van der Waals surface area (Å²) in [5, 5.41) is 2.62. The minimum atomic E-state index is -0.522. The fourth-order valence-electron chi connectivity index (χ4n) is 2.28. The van der Waals surface area contributed by atoms with Crippen LogP contribution in [0.3, 0.4) is 0 Å². The average Bonchev–Trinajstić information content (AvgIpc) is 2.55. The van der Waals surface area contributed by atoms with Crippen LogP contribution in [0.4, 0.5) is 4.39 Å². The minimum absolute atomic E-state index is 0.202. The zero-order valence-electron chi connectivity index (χ0n) is 13.6. The van der Waals surface area contributed by atoms with Gasteiger partial charge in [-0.25, -0.2) is 9.18 Å². The summed E-state index contributed by atoms with van der Waals surface area (Å²) in [6.45, 7) is 1.66. The van der Waals surface area contributed by atoms with Crippen LogP contribution in [0.5, 0.6) is 0 Å². The lowest BCUT2D eigenvalue weighted by atomic mass is 10.1. The van der Waals surface area contributed by atoms with Gasteiger partial charge in [-0.15, -0.1) is 0 Å². The van der Waals surface area contributed by atoms with Crippen LogP contribution < -0.4 is 16.6 Å². The van der Waals surface area contributed by atoms with Gasteiger partial charge in [0.25, 0.3) is 5.56 Å². The molecule has 0 aliphatic carbocycles. The van der Waals surface area contributed by atoms with E-state index >= 15 is 0 Å². The third-order valence-electron chi connectivity index (χ3n) is 3.62. The van der Waals surface area contributed by atoms with Crippen molar-refractivity contribution in [3.05, 3.63) is 74.3 Å². The van der Waals surface area contributed by atoms with E-state index in [0.29, 0.717) is 5.56 Å². The van der Waals surface area contributed by atoms with Crippen LogP contribution in [0.25, 0.3) is 6.08 Å². The average molecular weight is 331 g/mol. The number of amides is 1. The van der Waals surface area contributed by atoms with Crippen molar-refractivity contribution in [2.45, 2.75) is 13.0 Å². The molecule has 1 amide bonds. The van der Waals surface area contributed by atoms with E-state index in [1.54, 1.807) is 25.1 Å². The summed E-state index contributed by atoms with van der Waals surface area (Å²) in [7, 11) is 2.88. The highest BCUT2D eigenvalue weighted by Crippen LogP contribution is 2.15. The van der Waals surface area contributed by atoms with Gasteiger partial charge in [-0.3, -0.25) is 14.2 Å². The van der Waals surface area contributed by atoms with Gasteiger partial charge in [-0.1, -0.05) is 18.2 Å². The number of aromatic nitrogens is 2. The van der Waals surface area contributed by atoms with E-state index in [1.807, 2.05) is 0 Å².